The molecule has 1 saturated heterocycles. The summed E-state index contributed by atoms with van der Waals surface area (Å²) in [5, 5.41) is 12.0. The number of methoxy groups -OCH3 is 1. The van der Waals surface area contributed by atoms with Crippen LogP contribution in [-0.2, 0) is 15.5 Å². The molecule has 3 rings (SSSR count). The maximum Gasteiger partial charge on any atom is 0.469 e. The lowest BCUT2D eigenvalue weighted by molar-refractivity contribution is 0.0878. The number of ether oxygens (including phenoxy) is 2. The fourth-order valence-corrected chi connectivity index (χ4v) is 3.92. The summed E-state index contributed by atoms with van der Waals surface area (Å²) < 4.78 is 41.2. The Morgan fingerprint density at radius 2 is 2.03 bits per heavy atom. The number of nitrogens with zero attached hydrogens (tertiary/aromatic N) is 2. The first kappa shape index (κ1) is 25.7. The van der Waals surface area contributed by atoms with Crippen molar-refractivity contribution < 1.29 is 42.6 Å². The third-order valence-corrected chi connectivity index (χ3v) is 5.75. The van der Waals surface area contributed by atoms with Crippen LogP contribution >= 0.6 is 7.82 Å². The van der Waals surface area contributed by atoms with Crippen LogP contribution in [0.3, 0.4) is 0 Å². The molecule has 0 aliphatic carbocycles. The number of anilines is 2. The second-order valence-corrected chi connectivity index (χ2v) is 8.88. The largest absolute Gasteiger partial charge is 0.490 e. The molecule has 34 heavy (non-hydrogen) atoms. The molecule has 186 valence electrons. The number of piperidine rings is 1. The zero-order chi connectivity index (χ0) is 24.7. The van der Waals surface area contributed by atoms with E-state index >= 15 is 0 Å². The summed E-state index contributed by atoms with van der Waals surface area (Å²) >= 11 is 0. The van der Waals surface area contributed by atoms with Crippen LogP contribution in [0.2, 0.25) is 0 Å². The number of benzene rings is 1. The zero-order valence-electron chi connectivity index (χ0n) is 18.5. The van der Waals surface area contributed by atoms with Crippen molar-refractivity contribution in [2.45, 2.75) is 31.8 Å². The fourth-order valence-electron chi connectivity index (χ4n) is 3.56. The number of amides is 1. The van der Waals surface area contributed by atoms with Crippen molar-refractivity contribution in [2.24, 2.45) is 0 Å². The van der Waals surface area contributed by atoms with E-state index in [-0.39, 0.29) is 24.2 Å². The van der Waals surface area contributed by atoms with Gasteiger partial charge in [0.05, 0.1) is 19.4 Å². The average Bonchev–Trinajstić information content (AvgIpc) is 2.78. The van der Waals surface area contributed by atoms with Crippen molar-refractivity contribution in [3.63, 3.8) is 0 Å². The summed E-state index contributed by atoms with van der Waals surface area (Å²) in [6.07, 6.45) is 2.13. The highest BCUT2D eigenvalue weighted by Crippen LogP contribution is 2.37. The monoisotopic (exact) mass is 499 g/mol. The number of carboxylic acid groups (broad SMARTS) is 1. The van der Waals surface area contributed by atoms with E-state index in [0.717, 1.165) is 0 Å². The Labute approximate surface area is 195 Å². The lowest BCUT2D eigenvalue weighted by atomic mass is 10.1. The molecular formula is C21H27FN3O8P. The molecule has 0 saturated carbocycles. The number of likely N-dealkylation sites (tertiary alicyclic amines) is 1. The average molecular weight is 499 g/mol. The lowest BCUT2D eigenvalue weighted by Gasteiger charge is -2.30. The van der Waals surface area contributed by atoms with E-state index in [1.807, 2.05) is 0 Å². The molecule has 1 aromatic heterocycles. The van der Waals surface area contributed by atoms with E-state index < -0.39 is 19.7 Å². The van der Waals surface area contributed by atoms with Crippen LogP contribution in [0.4, 0.5) is 20.7 Å². The number of nitrogens with one attached hydrogen (secondary N) is 1. The van der Waals surface area contributed by atoms with E-state index in [9.17, 15) is 13.8 Å². The van der Waals surface area contributed by atoms with Crippen molar-refractivity contribution in [1.82, 2.24) is 9.88 Å². The number of hydrogen-bond donors (Lipinski definition) is 4. The Kier molecular flexibility index (Phi) is 8.67. The predicted octanol–water partition coefficient (Wildman–Crippen LogP) is 3.54. The normalized spacial score (nSPS) is 14.6. The molecule has 4 N–H and O–H groups in total. The van der Waals surface area contributed by atoms with Gasteiger partial charge in [-0.1, -0.05) is 6.07 Å². The Hall–Kier alpha value is -2.92. The molecule has 0 atom stereocenters. The lowest BCUT2D eigenvalue weighted by Crippen LogP contribution is -2.41. The third kappa shape index (κ3) is 7.29. The van der Waals surface area contributed by atoms with Gasteiger partial charge in [-0.2, -0.15) is 0 Å². The fraction of sp³-hybridized carbons (Fsp3) is 0.429. The first-order valence-electron chi connectivity index (χ1n) is 10.6. The maximum absolute atomic E-state index is 14.7. The minimum absolute atomic E-state index is 0.144. The minimum Gasteiger partial charge on any atom is -0.490 e. The van der Waals surface area contributed by atoms with Crippen LogP contribution in [0.5, 0.6) is 11.5 Å². The number of rotatable bonds is 10. The summed E-state index contributed by atoms with van der Waals surface area (Å²) in [7, 11) is -3.07. The number of phosphoric ester groups is 1. The van der Waals surface area contributed by atoms with E-state index in [1.165, 1.54) is 30.3 Å². The Morgan fingerprint density at radius 1 is 1.29 bits per heavy atom. The molecular weight excluding hydrogens is 472 g/mol. The van der Waals surface area contributed by atoms with Gasteiger partial charge in [0.2, 0.25) is 5.75 Å². The first-order chi connectivity index (χ1) is 16.2. The number of aromatic nitrogens is 1. The predicted molar refractivity (Wildman–Crippen MR) is 120 cm³/mol. The molecule has 2 heterocycles. The van der Waals surface area contributed by atoms with Gasteiger partial charge in [0.25, 0.3) is 0 Å². The van der Waals surface area contributed by atoms with Crippen LogP contribution in [0.1, 0.15) is 24.8 Å². The molecule has 0 unspecified atom stereocenters. The van der Waals surface area contributed by atoms with Crippen molar-refractivity contribution in [2.75, 3.05) is 32.1 Å². The van der Waals surface area contributed by atoms with Gasteiger partial charge in [-0.15, -0.1) is 0 Å². The van der Waals surface area contributed by atoms with Crippen molar-refractivity contribution in [3.05, 3.63) is 41.8 Å². The number of halogens is 1. The smallest absolute Gasteiger partial charge is 0.469 e. The maximum atomic E-state index is 14.7. The van der Waals surface area contributed by atoms with Gasteiger partial charge >= 0.3 is 13.9 Å². The molecule has 13 heteroatoms. The molecule has 2 aromatic rings. The number of carbonyl (C=O) groups is 1. The second kappa shape index (κ2) is 11.5. The summed E-state index contributed by atoms with van der Waals surface area (Å²) in [6.45, 7) is 0.609. The quantitative estimate of drug-likeness (QED) is 0.282. The van der Waals surface area contributed by atoms with Crippen molar-refractivity contribution in [1.29, 1.82) is 0 Å². The molecule has 0 spiro atoms. The third-order valence-electron chi connectivity index (χ3n) is 5.23. The minimum atomic E-state index is -4.51. The van der Waals surface area contributed by atoms with Crippen LogP contribution in [0.25, 0.3) is 0 Å². The Balaban J connectivity index is 1.64. The zero-order valence-corrected chi connectivity index (χ0v) is 19.4. The molecule has 1 aliphatic heterocycles. The molecule has 1 fully saturated rings. The van der Waals surface area contributed by atoms with Crippen LogP contribution in [-0.4, -0.2) is 63.8 Å². The SMILES string of the molecule is COc1c(OC2CCN(C(=O)O)CC2)ccnc1Nc1ccc(CCCOP(=O)(O)O)cc1F. The topological polar surface area (TPSA) is 151 Å². The second-order valence-electron chi connectivity index (χ2n) is 7.64. The summed E-state index contributed by atoms with van der Waals surface area (Å²) in [5.74, 6) is 0.423. The molecule has 11 nitrogen and oxygen atoms in total. The summed E-state index contributed by atoms with van der Waals surface area (Å²) in [5.41, 5.74) is 0.801. The van der Waals surface area contributed by atoms with E-state index in [4.69, 9.17) is 24.4 Å². The Bertz CT molecular complexity index is 1040. The highest BCUT2D eigenvalue weighted by molar-refractivity contribution is 7.46. The van der Waals surface area contributed by atoms with Gasteiger partial charge < -0.3 is 34.6 Å². The van der Waals surface area contributed by atoms with Gasteiger partial charge in [0, 0.05) is 38.2 Å². The van der Waals surface area contributed by atoms with Gasteiger partial charge in [0.15, 0.2) is 11.6 Å². The Morgan fingerprint density at radius 3 is 2.65 bits per heavy atom. The van der Waals surface area contributed by atoms with Crippen LogP contribution < -0.4 is 14.8 Å². The number of phosphoric acid groups is 1. The molecule has 1 aromatic carbocycles. The number of aryl methyl sites for hydroxylation is 1. The van der Waals surface area contributed by atoms with Gasteiger partial charge in [-0.05, 0) is 30.5 Å². The summed E-state index contributed by atoms with van der Waals surface area (Å²) in [6, 6.07) is 6.17. The van der Waals surface area contributed by atoms with Crippen LogP contribution in [0, 0.1) is 5.82 Å². The highest BCUT2D eigenvalue weighted by atomic mass is 31.2. The molecule has 1 aliphatic rings. The molecule has 0 bridgehead atoms. The number of hydrogen-bond acceptors (Lipinski definition) is 7. The van der Waals surface area contributed by atoms with Crippen LogP contribution in [0.15, 0.2) is 30.5 Å². The van der Waals surface area contributed by atoms with Gasteiger partial charge in [0.1, 0.15) is 11.9 Å². The van der Waals surface area contributed by atoms with E-state index in [0.29, 0.717) is 55.8 Å². The number of pyridine rings is 1. The van der Waals surface area contributed by atoms with Gasteiger partial charge in [-0.25, -0.2) is 18.7 Å². The van der Waals surface area contributed by atoms with E-state index in [1.54, 1.807) is 12.1 Å². The van der Waals surface area contributed by atoms with Crippen molar-refractivity contribution in [3.8, 4) is 11.5 Å². The molecule has 0 radical (unpaired) electrons. The molecule has 1 amide bonds. The van der Waals surface area contributed by atoms with E-state index in [2.05, 4.69) is 14.8 Å². The van der Waals surface area contributed by atoms with Crippen molar-refractivity contribution >= 4 is 25.4 Å². The summed E-state index contributed by atoms with van der Waals surface area (Å²) in [4.78, 5) is 34.0. The highest BCUT2D eigenvalue weighted by Gasteiger charge is 2.25. The first-order valence-corrected chi connectivity index (χ1v) is 12.1. The van der Waals surface area contributed by atoms with Gasteiger partial charge in [-0.3, -0.25) is 4.52 Å². The standard InChI is InChI=1S/C21H27FN3O8P/c1-31-19-18(33-15-7-10-25(11-8-15)21(26)27)6-9-23-20(19)24-17-5-4-14(13-16(17)22)3-2-12-32-34(28,29)30/h4-6,9,13,15H,2-3,7-8,10-12H2,1H3,(H,23,24)(H,26,27)(H2,28,29,30).